The van der Waals surface area contributed by atoms with E-state index in [1.54, 1.807) is 11.8 Å². The van der Waals surface area contributed by atoms with Gasteiger partial charge in [0.05, 0.1) is 0 Å². The first-order valence-electron chi connectivity index (χ1n) is 5.43. The molecule has 5 nitrogen and oxygen atoms in total. The lowest BCUT2D eigenvalue weighted by Crippen LogP contribution is -2.44. The zero-order chi connectivity index (χ0) is 12.4. The van der Waals surface area contributed by atoms with Gasteiger partial charge in [-0.1, -0.05) is 24.3 Å². The van der Waals surface area contributed by atoms with Crippen molar-refractivity contribution in [3.63, 3.8) is 0 Å². The molecule has 1 atom stereocenters. The molecule has 0 aromatic heterocycles. The van der Waals surface area contributed by atoms with Crippen LogP contribution in [0.5, 0.6) is 0 Å². The molecule has 90 valence electrons. The van der Waals surface area contributed by atoms with Gasteiger partial charge in [0.15, 0.2) is 0 Å². The summed E-state index contributed by atoms with van der Waals surface area (Å²) in [4.78, 5) is 24.1. The van der Waals surface area contributed by atoms with E-state index in [-0.39, 0.29) is 5.91 Å². The van der Waals surface area contributed by atoms with Crippen LogP contribution >= 0.6 is 0 Å². The summed E-state index contributed by atoms with van der Waals surface area (Å²) in [6.45, 7) is 2.67. The number of carbonyl (C=O) groups excluding carboxylic acids is 1. The Bertz CT molecular complexity index is 434. The molecule has 1 aliphatic rings. The van der Waals surface area contributed by atoms with E-state index in [4.69, 9.17) is 5.11 Å². The molecule has 0 radical (unpaired) electrons. The second-order valence-corrected chi connectivity index (χ2v) is 4.13. The van der Waals surface area contributed by atoms with Crippen molar-refractivity contribution in [1.82, 2.24) is 10.2 Å². The maximum absolute atomic E-state index is 11.9. The molecule has 5 heteroatoms. The standard InChI is InChI=1S/C12H14N2O3/c1-8(13-12(16)17)11(15)14-6-9-4-2-3-5-10(9)7-14/h2-5,8,13H,6-7H2,1H3,(H,16,17). The van der Waals surface area contributed by atoms with Crippen LogP contribution in [-0.2, 0) is 17.9 Å². The molecular weight excluding hydrogens is 220 g/mol. The number of nitrogens with one attached hydrogen (secondary N) is 1. The average molecular weight is 234 g/mol. The maximum atomic E-state index is 11.9. The lowest BCUT2D eigenvalue weighted by atomic mass is 10.1. The van der Waals surface area contributed by atoms with Gasteiger partial charge in [0, 0.05) is 13.1 Å². The number of carbonyl (C=O) groups is 2. The van der Waals surface area contributed by atoms with Crippen LogP contribution in [0.3, 0.4) is 0 Å². The molecule has 1 aliphatic heterocycles. The molecule has 0 saturated carbocycles. The molecule has 17 heavy (non-hydrogen) atoms. The summed E-state index contributed by atoms with van der Waals surface area (Å²) in [5, 5.41) is 10.7. The van der Waals surface area contributed by atoms with Crippen LogP contribution < -0.4 is 5.32 Å². The molecule has 2 amide bonds. The first-order chi connectivity index (χ1) is 8.08. The topological polar surface area (TPSA) is 69.6 Å². The minimum absolute atomic E-state index is 0.191. The molecule has 0 aliphatic carbocycles. The summed E-state index contributed by atoms with van der Waals surface area (Å²) in [6.07, 6.45) is -1.18. The van der Waals surface area contributed by atoms with E-state index in [1.165, 1.54) is 0 Å². The summed E-state index contributed by atoms with van der Waals surface area (Å²) >= 11 is 0. The molecular formula is C12H14N2O3. The molecule has 0 fully saturated rings. The summed E-state index contributed by atoms with van der Waals surface area (Å²) in [5.74, 6) is -0.191. The fourth-order valence-corrected chi connectivity index (χ4v) is 2.01. The van der Waals surface area contributed by atoms with Crippen LogP contribution in [0.1, 0.15) is 18.1 Å². The largest absolute Gasteiger partial charge is 0.465 e. The average Bonchev–Trinajstić information content (AvgIpc) is 2.70. The number of fused-ring (bicyclic) bond motifs is 1. The molecule has 1 aromatic rings. The van der Waals surface area contributed by atoms with E-state index >= 15 is 0 Å². The van der Waals surface area contributed by atoms with Crippen molar-refractivity contribution < 1.29 is 14.7 Å². The number of amides is 2. The highest BCUT2D eigenvalue weighted by atomic mass is 16.4. The fourth-order valence-electron chi connectivity index (χ4n) is 2.01. The summed E-state index contributed by atoms with van der Waals surface area (Å²) in [7, 11) is 0. The van der Waals surface area contributed by atoms with Gasteiger partial charge in [0.1, 0.15) is 6.04 Å². The van der Waals surface area contributed by atoms with E-state index in [0.29, 0.717) is 13.1 Å². The van der Waals surface area contributed by atoms with Crippen LogP contribution in [0.2, 0.25) is 0 Å². The van der Waals surface area contributed by atoms with Crippen LogP contribution in [-0.4, -0.2) is 28.0 Å². The Morgan fingerprint density at radius 1 is 1.29 bits per heavy atom. The van der Waals surface area contributed by atoms with Gasteiger partial charge >= 0.3 is 6.09 Å². The summed E-state index contributed by atoms with van der Waals surface area (Å²) in [5.41, 5.74) is 2.26. The van der Waals surface area contributed by atoms with E-state index in [1.807, 2.05) is 24.3 Å². The SMILES string of the molecule is CC(NC(=O)O)C(=O)N1Cc2ccccc2C1. The first-order valence-corrected chi connectivity index (χ1v) is 5.43. The van der Waals surface area contributed by atoms with Gasteiger partial charge in [-0.15, -0.1) is 0 Å². The smallest absolute Gasteiger partial charge is 0.405 e. The molecule has 1 heterocycles. The van der Waals surface area contributed by atoms with Gasteiger partial charge in [-0.3, -0.25) is 4.79 Å². The quantitative estimate of drug-likeness (QED) is 0.807. The van der Waals surface area contributed by atoms with Crippen molar-refractivity contribution >= 4 is 12.0 Å². The lowest BCUT2D eigenvalue weighted by Gasteiger charge is -2.20. The Labute approximate surface area is 99.0 Å². The van der Waals surface area contributed by atoms with Gasteiger partial charge in [0.2, 0.25) is 5.91 Å². The van der Waals surface area contributed by atoms with Gasteiger partial charge in [-0.2, -0.15) is 0 Å². The van der Waals surface area contributed by atoms with Crippen molar-refractivity contribution in [2.75, 3.05) is 0 Å². The Morgan fingerprint density at radius 2 is 1.82 bits per heavy atom. The molecule has 0 spiro atoms. The number of nitrogens with zero attached hydrogens (tertiary/aromatic N) is 1. The second-order valence-electron chi connectivity index (χ2n) is 4.13. The third-order valence-electron chi connectivity index (χ3n) is 2.86. The van der Waals surface area contributed by atoms with Gasteiger partial charge in [0.25, 0.3) is 0 Å². The van der Waals surface area contributed by atoms with E-state index in [2.05, 4.69) is 5.32 Å². The monoisotopic (exact) mass is 234 g/mol. The fraction of sp³-hybridized carbons (Fsp3) is 0.333. The minimum Gasteiger partial charge on any atom is -0.465 e. The van der Waals surface area contributed by atoms with Gasteiger partial charge in [-0.05, 0) is 18.1 Å². The van der Waals surface area contributed by atoms with Crippen molar-refractivity contribution in [2.45, 2.75) is 26.1 Å². The van der Waals surface area contributed by atoms with E-state index in [0.717, 1.165) is 11.1 Å². The number of benzene rings is 1. The highest BCUT2D eigenvalue weighted by Gasteiger charge is 2.27. The van der Waals surface area contributed by atoms with Crippen LogP contribution in [0.15, 0.2) is 24.3 Å². The van der Waals surface area contributed by atoms with Crippen molar-refractivity contribution in [3.05, 3.63) is 35.4 Å². The Hall–Kier alpha value is -2.04. The van der Waals surface area contributed by atoms with Crippen molar-refractivity contribution in [3.8, 4) is 0 Å². The highest BCUT2D eigenvalue weighted by Crippen LogP contribution is 2.22. The first kappa shape index (κ1) is 11.4. The zero-order valence-electron chi connectivity index (χ0n) is 9.51. The van der Waals surface area contributed by atoms with E-state index in [9.17, 15) is 9.59 Å². The molecule has 2 N–H and O–H groups in total. The maximum Gasteiger partial charge on any atom is 0.405 e. The van der Waals surface area contributed by atoms with Crippen molar-refractivity contribution in [1.29, 1.82) is 0 Å². The Morgan fingerprint density at radius 3 is 2.29 bits per heavy atom. The molecule has 0 saturated heterocycles. The molecule has 2 rings (SSSR count). The van der Waals surface area contributed by atoms with Crippen LogP contribution in [0.4, 0.5) is 4.79 Å². The number of rotatable bonds is 2. The zero-order valence-corrected chi connectivity index (χ0v) is 9.51. The Kier molecular flexibility index (Phi) is 2.99. The molecule has 1 aromatic carbocycles. The Balaban J connectivity index is 2.03. The predicted molar refractivity (Wildman–Crippen MR) is 61.3 cm³/mol. The minimum atomic E-state index is -1.18. The number of carboxylic acid groups (broad SMARTS) is 1. The molecule has 1 unspecified atom stereocenters. The van der Waals surface area contributed by atoms with Gasteiger partial charge < -0.3 is 15.3 Å². The van der Waals surface area contributed by atoms with Gasteiger partial charge in [-0.25, -0.2) is 4.79 Å². The number of hydrogen-bond donors (Lipinski definition) is 2. The van der Waals surface area contributed by atoms with Crippen LogP contribution in [0.25, 0.3) is 0 Å². The van der Waals surface area contributed by atoms with Crippen molar-refractivity contribution in [2.24, 2.45) is 0 Å². The molecule has 0 bridgehead atoms. The highest BCUT2D eigenvalue weighted by molar-refractivity contribution is 5.85. The third kappa shape index (κ3) is 2.38. The second kappa shape index (κ2) is 4.45. The number of hydrogen-bond acceptors (Lipinski definition) is 2. The lowest BCUT2D eigenvalue weighted by molar-refractivity contribution is -0.133. The predicted octanol–water partition coefficient (Wildman–Crippen LogP) is 1.18. The van der Waals surface area contributed by atoms with E-state index < -0.39 is 12.1 Å². The third-order valence-corrected chi connectivity index (χ3v) is 2.86. The normalized spacial score (nSPS) is 15.2. The van der Waals surface area contributed by atoms with Crippen LogP contribution in [0, 0.1) is 0 Å². The summed E-state index contributed by atoms with van der Waals surface area (Å²) < 4.78 is 0. The summed E-state index contributed by atoms with van der Waals surface area (Å²) in [6, 6.07) is 7.13.